The van der Waals surface area contributed by atoms with Gasteiger partial charge in [-0.2, -0.15) is 0 Å². The lowest BCUT2D eigenvalue weighted by Gasteiger charge is -2.31. The van der Waals surface area contributed by atoms with Crippen LogP contribution in [0, 0.1) is 0 Å². The Labute approximate surface area is 91.8 Å². The zero-order chi connectivity index (χ0) is 11.8. The standard InChI is InChI=1S/C11H12F2N2O/c12-11(13)5-6-15(10(16)7-11)9-3-1-8(14)2-4-9/h1-4H,5-7,14H2. The van der Waals surface area contributed by atoms with Gasteiger partial charge < -0.3 is 10.6 Å². The number of nitrogens with two attached hydrogens (primary N) is 1. The molecule has 2 rings (SSSR count). The molecule has 0 spiro atoms. The number of hydrogen-bond acceptors (Lipinski definition) is 2. The molecule has 1 amide bonds. The predicted molar refractivity (Wildman–Crippen MR) is 57.4 cm³/mol. The summed E-state index contributed by atoms with van der Waals surface area (Å²) in [7, 11) is 0. The number of piperidine rings is 1. The van der Waals surface area contributed by atoms with Gasteiger partial charge in [0, 0.05) is 24.3 Å². The maximum absolute atomic E-state index is 12.9. The summed E-state index contributed by atoms with van der Waals surface area (Å²) < 4.78 is 25.9. The van der Waals surface area contributed by atoms with E-state index in [4.69, 9.17) is 5.73 Å². The summed E-state index contributed by atoms with van der Waals surface area (Å²) in [6, 6.07) is 6.62. The van der Waals surface area contributed by atoms with Crippen molar-refractivity contribution in [3.8, 4) is 0 Å². The molecular formula is C11H12F2N2O. The van der Waals surface area contributed by atoms with Gasteiger partial charge in [0.25, 0.3) is 5.92 Å². The Kier molecular flexibility index (Phi) is 2.53. The fourth-order valence-electron chi connectivity index (χ4n) is 1.73. The first kappa shape index (κ1) is 10.9. The second-order valence-corrected chi connectivity index (χ2v) is 3.92. The van der Waals surface area contributed by atoms with Crippen LogP contribution in [0.15, 0.2) is 24.3 Å². The zero-order valence-electron chi connectivity index (χ0n) is 8.62. The SMILES string of the molecule is Nc1ccc(N2CCC(F)(F)CC2=O)cc1. The van der Waals surface area contributed by atoms with E-state index in [-0.39, 0.29) is 13.0 Å². The third-order valence-corrected chi connectivity index (χ3v) is 2.62. The molecule has 2 N–H and O–H groups in total. The van der Waals surface area contributed by atoms with E-state index >= 15 is 0 Å². The molecule has 16 heavy (non-hydrogen) atoms. The van der Waals surface area contributed by atoms with E-state index in [1.807, 2.05) is 0 Å². The van der Waals surface area contributed by atoms with Crippen LogP contribution in [-0.2, 0) is 4.79 Å². The van der Waals surface area contributed by atoms with Crippen LogP contribution in [0.5, 0.6) is 0 Å². The molecule has 1 aliphatic heterocycles. The number of halogens is 2. The van der Waals surface area contributed by atoms with Crippen LogP contribution in [0.25, 0.3) is 0 Å². The van der Waals surface area contributed by atoms with Crippen LogP contribution in [0.1, 0.15) is 12.8 Å². The summed E-state index contributed by atoms with van der Waals surface area (Å²) in [6.45, 7) is 0.0513. The highest BCUT2D eigenvalue weighted by Gasteiger charge is 2.39. The fourth-order valence-corrected chi connectivity index (χ4v) is 1.73. The number of hydrogen-bond donors (Lipinski definition) is 1. The van der Waals surface area contributed by atoms with Gasteiger partial charge in [0.1, 0.15) is 0 Å². The quantitative estimate of drug-likeness (QED) is 0.745. The molecule has 1 heterocycles. The molecule has 86 valence electrons. The molecule has 1 aromatic rings. The molecule has 3 nitrogen and oxygen atoms in total. The minimum atomic E-state index is -2.86. The van der Waals surface area contributed by atoms with Crippen molar-refractivity contribution in [2.75, 3.05) is 17.2 Å². The maximum Gasteiger partial charge on any atom is 0.258 e. The zero-order valence-corrected chi connectivity index (χ0v) is 8.62. The van der Waals surface area contributed by atoms with E-state index in [0.29, 0.717) is 11.4 Å². The number of carbonyl (C=O) groups excluding carboxylic acids is 1. The summed E-state index contributed by atoms with van der Waals surface area (Å²) in [5, 5.41) is 0. The molecule has 1 saturated heterocycles. The van der Waals surface area contributed by atoms with Crippen LogP contribution in [0.4, 0.5) is 20.2 Å². The molecule has 0 bridgehead atoms. The van der Waals surface area contributed by atoms with Crippen LogP contribution in [-0.4, -0.2) is 18.4 Å². The van der Waals surface area contributed by atoms with Crippen molar-refractivity contribution >= 4 is 17.3 Å². The minimum absolute atomic E-state index is 0.0513. The summed E-state index contributed by atoms with van der Waals surface area (Å²) >= 11 is 0. The van der Waals surface area contributed by atoms with E-state index in [2.05, 4.69) is 0 Å². The van der Waals surface area contributed by atoms with E-state index in [1.165, 1.54) is 4.90 Å². The van der Waals surface area contributed by atoms with Gasteiger partial charge in [-0.1, -0.05) is 0 Å². The van der Waals surface area contributed by atoms with Crippen molar-refractivity contribution in [2.24, 2.45) is 0 Å². The van der Waals surface area contributed by atoms with Gasteiger partial charge in [0.15, 0.2) is 0 Å². The summed E-state index contributed by atoms with van der Waals surface area (Å²) in [4.78, 5) is 12.9. The molecule has 0 radical (unpaired) electrons. The molecule has 1 fully saturated rings. The monoisotopic (exact) mass is 226 g/mol. The van der Waals surface area contributed by atoms with Gasteiger partial charge in [0.05, 0.1) is 6.42 Å². The number of carbonyl (C=O) groups is 1. The smallest absolute Gasteiger partial charge is 0.258 e. The first-order valence-corrected chi connectivity index (χ1v) is 5.02. The van der Waals surface area contributed by atoms with E-state index in [0.717, 1.165) is 0 Å². The van der Waals surface area contributed by atoms with Crippen LogP contribution < -0.4 is 10.6 Å². The lowest BCUT2D eigenvalue weighted by Crippen LogP contribution is -2.43. The number of alkyl halides is 2. The maximum atomic E-state index is 12.9. The predicted octanol–water partition coefficient (Wildman–Crippen LogP) is 2.03. The average molecular weight is 226 g/mol. The molecule has 0 unspecified atom stereocenters. The minimum Gasteiger partial charge on any atom is -0.399 e. The molecule has 0 aliphatic carbocycles. The van der Waals surface area contributed by atoms with Gasteiger partial charge in [0.2, 0.25) is 5.91 Å². The van der Waals surface area contributed by atoms with E-state index in [1.54, 1.807) is 24.3 Å². The first-order valence-electron chi connectivity index (χ1n) is 5.02. The second-order valence-electron chi connectivity index (χ2n) is 3.92. The largest absolute Gasteiger partial charge is 0.399 e. The molecule has 1 aromatic carbocycles. The third kappa shape index (κ3) is 2.13. The summed E-state index contributed by atoms with van der Waals surface area (Å²) in [6.07, 6.45) is -1.000. The molecule has 0 aromatic heterocycles. The average Bonchev–Trinajstić information content (AvgIpc) is 2.19. The lowest BCUT2D eigenvalue weighted by molar-refractivity contribution is -0.129. The number of nitrogen functional groups attached to an aromatic ring is 1. The van der Waals surface area contributed by atoms with Crippen molar-refractivity contribution in [1.82, 2.24) is 0 Å². The number of benzene rings is 1. The Bertz CT molecular complexity index is 403. The molecule has 5 heteroatoms. The van der Waals surface area contributed by atoms with Crippen LogP contribution in [0.3, 0.4) is 0 Å². The van der Waals surface area contributed by atoms with Gasteiger partial charge in [-0.25, -0.2) is 8.78 Å². The first-order chi connectivity index (χ1) is 7.48. The van der Waals surface area contributed by atoms with Crippen molar-refractivity contribution in [3.05, 3.63) is 24.3 Å². The number of rotatable bonds is 1. The van der Waals surface area contributed by atoms with Crippen molar-refractivity contribution in [2.45, 2.75) is 18.8 Å². The van der Waals surface area contributed by atoms with E-state index < -0.39 is 18.3 Å². The number of amides is 1. The van der Waals surface area contributed by atoms with Gasteiger partial charge in [-0.05, 0) is 24.3 Å². The fraction of sp³-hybridized carbons (Fsp3) is 0.364. The van der Waals surface area contributed by atoms with Crippen LogP contribution in [0.2, 0.25) is 0 Å². The number of nitrogens with zero attached hydrogens (tertiary/aromatic N) is 1. The van der Waals surface area contributed by atoms with Crippen molar-refractivity contribution in [1.29, 1.82) is 0 Å². The van der Waals surface area contributed by atoms with E-state index in [9.17, 15) is 13.6 Å². The van der Waals surface area contributed by atoms with Gasteiger partial charge >= 0.3 is 0 Å². The summed E-state index contributed by atoms with van der Waals surface area (Å²) in [5.41, 5.74) is 6.71. The van der Waals surface area contributed by atoms with Gasteiger partial charge in [-0.15, -0.1) is 0 Å². The molecular weight excluding hydrogens is 214 g/mol. The Hall–Kier alpha value is -1.65. The molecule has 1 aliphatic rings. The normalized spacial score (nSPS) is 19.9. The van der Waals surface area contributed by atoms with Crippen molar-refractivity contribution in [3.63, 3.8) is 0 Å². The van der Waals surface area contributed by atoms with Crippen LogP contribution >= 0.6 is 0 Å². The Balaban J connectivity index is 2.17. The Morgan fingerprint density at radius 1 is 1.25 bits per heavy atom. The highest BCUT2D eigenvalue weighted by molar-refractivity contribution is 5.94. The molecule has 0 saturated carbocycles. The molecule has 0 atom stereocenters. The lowest BCUT2D eigenvalue weighted by atomic mass is 10.1. The van der Waals surface area contributed by atoms with Crippen molar-refractivity contribution < 1.29 is 13.6 Å². The topological polar surface area (TPSA) is 46.3 Å². The van der Waals surface area contributed by atoms with Gasteiger partial charge in [-0.3, -0.25) is 4.79 Å². The second kappa shape index (κ2) is 3.73. The highest BCUT2D eigenvalue weighted by Crippen LogP contribution is 2.31. The Morgan fingerprint density at radius 3 is 2.44 bits per heavy atom. The highest BCUT2D eigenvalue weighted by atomic mass is 19.3. The third-order valence-electron chi connectivity index (χ3n) is 2.62. The number of anilines is 2. The summed E-state index contributed by atoms with van der Waals surface area (Å²) in [5.74, 6) is -3.40. The Morgan fingerprint density at radius 2 is 1.88 bits per heavy atom.